The summed E-state index contributed by atoms with van der Waals surface area (Å²) in [6.45, 7) is 7.67. The van der Waals surface area contributed by atoms with Crippen LogP contribution in [-0.4, -0.2) is 35.9 Å². The molecule has 0 N–H and O–H groups in total. The highest BCUT2D eigenvalue weighted by molar-refractivity contribution is 8.11. The molecule has 0 fully saturated rings. The van der Waals surface area contributed by atoms with Gasteiger partial charge in [0.25, 0.3) is 0 Å². The highest BCUT2D eigenvalue weighted by Gasteiger charge is 1.96. The predicted molar refractivity (Wildman–Crippen MR) is 51.6 cm³/mol. The van der Waals surface area contributed by atoms with Crippen LogP contribution in [0.1, 0.15) is 20.3 Å². The maximum Gasteiger partial charge on any atom is 0.176 e. The van der Waals surface area contributed by atoms with Gasteiger partial charge in [-0.25, -0.2) is 0 Å². The molecule has 0 atom stereocenters. The standard InChI is InChI=1S/C8H17NOS/c1-3-9(4-2)6-5-7-11-8-10/h8H,3-7H2,1-2H3. The highest BCUT2D eigenvalue weighted by Crippen LogP contribution is 1.98. The maximum atomic E-state index is 9.94. The number of rotatable bonds is 7. The van der Waals surface area contributed by atoms with E-state index in [1.807, 2.05) is 0 Å². The largest absolute Gasteiger partial charge is 0.304 e. The van der Waals surface area contributed by atoms with Gasteiger partial charge in [0.15, 0.2) is 5.62 Å². The fourth-order valence-electron chi connectivity index (χ4n) is 0.959. The van der Waals surface area contributed by atoms with Crippen LogP contribution in [0.15, 0.2) is 0 Å². The van der Waals surface area contributed by atoms with Gasteiger partial charge < -0.3 is 4.90 Å². The molecule has 0 saturated heterocycles. The van der Waals surface area contributed by atoms with Gasteiger partial charge in [0.05, 0.1) is 0 Å². The molecule has 0 saturated carbocycles. The summed E-state index contributed by atoms with van der Waals surface area (Å²) < 4.78 is 0. The molecule has 0 aliphatic rings. The number of carbonyl (C=O) groups excluding carboxylic acids is 1. The zero-order chi connectivity index (χ0) is 8.53. The Morgan fingerprint density at radius 3 is 2.45 bits per heavy atom. The second-order valence-electron chi connectivity index (χ2n) is 2.35. The molecule has 0 aromatic rings. The molecule has 3 heteroatoms. The van der Waals surface area contributed by atoms with Crippen LogP contribution in [0.2, 0.25) is 0 Å². The van der Waals surface area contributed by atoms with Crippen molar-refractivity contribution in [2.45, 2.75) is 20.3 Å². The molecule has 0 bridgehead atoms. The van der Waals surface area contributed by atoms with Crippen LogP contribution in [-0.2, 0) is 4.79 Å². The fraction of sp³-hybridized carbons (Fsp3) is 0.875. The minimum Gasteiger partial charge on any atom is -0.304 e. The van der Waals surface area contributed by atoms with Gasteiger partial charge in [-0.15, -0.1) is 0 Å². The average Bonchev–Trinajstić information content (AvgIpc) is 2.05. The van der Waals surface area contributed by atoms with Crippen LogP contribution in [0, 0.1) is 0 Å². The van der Waals surface area contributed by atoms with E-state index in [2.05, 4.69) is 18.7 Å². The molecule has 0 amide bonds. The molecule has 0 spiro atoms. The van der Waals surface area contributed by atoms with E-state index in [9.17, 15) is 4.79 Å². The lowest BCUT2D eigenvalue weighted by Crippen LogP contribution is -2.24. The van der Waals surface area contributed by atoms with E-state index >= 15 is 0 Å². The van der Waals surface area contributed by atoms with Gasteiger partial charge in [0, 0.05) is 5.75 Å². The summed E-state index contributed by atoms with van der Waals surface area (Å²) in [6.07, 6.45) is 1.12. The lowest BCUT2D eigenvalue weighted by atomic mass is 10.4. The summed E-state index contributed by atoms with van der Waals surface area (Å²) in [7, 11) is 0. The second kappa shape index (κ2) is 8.08. The molecular weight excluding hydrogens is 158 g/mol. The Morgan fingerprint density at radius 2 is 2.00 bits per heavy atom. The van der Waals surface area contributed by atoms with Crippen molar-refractivity contribution >= 4 is 17.4 Å². The zero-order valence-corrected chi connectivity index (χ0v) is 8.19. The van der Waals surface area contributed by atoms with Gasteiger partial charge in [-0.1, -0.05) is 25.6 Å². The van der Waals surface area contributed by atoms with Crippen molar-refractivity contribution in [2.24, 2.45) is 0 Å². The Morgan fingerprint density at radius 1 is 1.36 bits per heavy atom. The first-order valence-corrected chi connectivity index (χ1v) is 5.17. The summed E-state index contributed by atoms with van der Waals surface area (Å²) in [6, 6.07) is 0. The van der Waals surface area contributed by atoms with E-state index < -0.39 is 0 Å². The van der Waals surface area contributed by atoms with Crippen molar-refractivity contribution in [1.82, 2.24) is 4.90 Å². The smallest absolute Gasteiger partial charge is 0.176 e. The zero-order valence-electron chi connectivity index (χ0n) is 7.38. The first-order chi connectivity index (χ1) is 5.35. The molecule has 0 radical (unpaired) electrons. The van der Waals surface area contributed by atoms with Gasteiger partial charge in [0.1, 0.15) is 0 Å². The summed E-state index contributed by atoms with van der Waals surface area (Å²) in [5, 5.41) is 0. The van der Waals surface area contributed by atoms with Crippen LogP contribution in [0.5, 0.6) is 0 Å². The number of carbonyl (C=O) groups is 1. The van der Waals surface area contributed by atoms with Crippen LogP contribution in [0.4, 0.5) is 0 Å². The molecule has 0 aliphatic heterocycles. The Labute approximate surface area is 73.3 Å². The topological polar surface area (TPSA) is 20.3 Å². The highest BCUT2D eigenvalue weighted by atomic mass is 32.2. The summed E-state index contributed by atoms with van der Waals surface area (Å²) in [5.74, 6) is 0.958. The summed E-state index contributed by atoms with van der Waals surface area (Å²) >= 11 is 1.36. The SMILES string of the molecule is CCN(CC)CCCSC=O. The molecule has 0 rings (SSSR count). The van der Waals surface area contributed by atoms with Crippen LogP contribution in [0.3, 0.4) is 0 Å². The number of hydrogen-bond donors (Lipinski definition) is 0. The van der Waals surface area contributed by atoms with Crippen molar-refractivity contribution in [3.8, 4) is 0 Å². The molecule has 0 aromatic heterocycles. The van der Waals surface area contributed by atoms with Crippen LogP contribution in [0.25, 0.3) is 0 Å². The van der Waals surface area contributed by atoms with Gasteiger partial charge in [-0.2, -0.15) is 0 Å². The number of thioether (sulfide) groups is 1. The normalized spacial score (nSPS) is 10.5. The van der Waals surface area contributed by atoms with Gasteiger partial charge >= 0.3 is 0 Å². The Balaban J connectivity index is 3.13. The van der Waals surface area contributed by atoms with Crippen molar-refractivity contribution in [3.05, 3.63) is 0 Å². The fourth-order valence-corrected chi connectivity index (χ4v) is 1.35. The van der Waals surface area contributed by atoms with Gasteiger partial charge in [0.2, 0.25) is 0 Å². The van der Waals surface area contributed by atoms with E-state index in [0.29, 0.717) is 0 Å². The summed E-state index contributed by atoms with van der Waals surface area (Å²) in [5.41, 5.74) is 0.919. The minimum atomic E-state index is 0.919. The second-order valence-corrected chi connectivity index (χ2v) is 3.28. The Hall–Kier alpha value is -0.0200. The quantitative estimate of drug-likeness (QED) is 0.433. The van der Waals surface area contributed by atoms with E-state index in [-0.39, 0.29) is 0 Å². The van der Waals surface area contributed by atoms with Crippen molar-refractivity contribution < 1.29 is 4.79 Å². The van der Waals surface area contributed by atoms with Crippen molar-refractivity contribution in [3.63, 3.8) is 0 Å². The average molecular weight is 175 g/mol. The van der Waals surface area contributed by atoms with E-state index in [0.717, 1.165) is 37.4 Å². The molecule has 0 heterocycles. The van der Waals surface area contributed by atoms with E-state index in [1.165, 1.54) is 11.8 Å². The third kappa shape index (κ3) is 6.38. The Bertz CT molecular complexity index is 94.1. The molecule has 0 aromatic carbocycles. The molecule has 2 nitrogen and oxygen atoms in total. The maximum absolute atomic E-state index is 9.94. The minimum absolute atomic E-state index is 0.919. The lowest BCUT2D eigenvalue weighted by molar-refractivity contribution is 0.305. The van der Waals surface area contributed by atoms with Crippen molar-refractivity contribution in [2.75, 3.05) is 25.4 Å². The van der Waals surface area contributed by atoms with E-state index in [4.69, 9.17) is 0 Å². The third-order valence-electron chi connectivity index (χ3n) is 1.70. The van der Waals surface area contributed by atoms with Gasteiger partial charge in [-0.05, 0) is 26.1 Å². The predicted octanol–water partition coefficient (Wildman–Crippen LogP) is 1.64. The molecule has 0 aliphatic carbocycles. The van der Waals surface area contributed by atoms with E-state index in [1.54, 1.807) is 0 Å². The van der Waals surface area contributed by atoms with Crippen molar-refractivity contribution in [1.29, 1.82) is 0 Å². The first kappa shape index (κ1) is 11.0. The third-order valence-corrected chi connectivity index (χ3v) is 2.36. The number of nitrogens with zero attached hydrogens (tertiary/aromatic N) is 1. The van der Waals surface area contributed by atoms with Gasteiger partial charge in [-0.3, -0.25) is 4.79 Å². The Kier molecular flexibility index (Phi) is 8.07. The molecule has 11 heavy (non-hydrogen) atoms. The summed E-state index contributed by atoms with van der Waals surface area (Å²) in [4.78, 5) is 12.3. The molecule has 66 valence electrons. The number of hydrogen-bond acceptors (Lipinski definition) is 3. The monoisotopic (exact) mass is 175 g/mol. The first-order valence-electron chi connectivity index (χ1n) is 4.12. The van der Waals surface area contributed by atoms with Crippen LogP contribution >= 0.6 is 11.8 Å². The molecular formula is C8H17NOS. The molecule has 0 unspecified atom stereocenters. The lowest BCUT2D eigenvalue weighted by Gasteiger charge is -2.16. The van der Waals surface area contributed by atoms with Crippen LogP contribution < -0.4 is 0 Å².